The van der Waals surface area contributed by atoms with Gasteiger partial charge in [-0.2, -0.15) is 0 Å². The van der Waals surface area contributed by atoms with Gasteiger partial charge >= 0.3 is 0 Å². The molecule has 5 nitrogen and oxygen atoms in total. The summed E-state index contributed by atoms with van der Waals surface area (Å²) in [6, 6.07) is 21.0. The van der Waals surface area contributed by atoms with Crippen LogP contribution in [0.4, 0.5) is 0 Å². The molecule has 0 atom stereocenters. The molecule has 0 spiro atoms. The molecule has 0 saturated heterocycles. The highest BCUT2D eigenvalue weighted by atomic mass is 16.5. The maximum absolute atomic E-state index is 5.58. The fourth-order valence-electron chi connectivity index (χ4n) is 5.05. The third-order valence-electron chi connectivity index (χ3n) is 6.88. The topological polar surface area (TPSA) is 52.3 Å². The van der Waals surface area contributed by atoms with Crippen molar-refractivity contribution >= 4 is 16.4 Å². The van der Waals surface area contributed by atoms with Crippen LogP contribution in [0.1, 0.15) is 37.4 Å². The van der Waals surface area contributed by atoms with Gasteiger partial charge in [0.15, 0.2) is 0 Å². The molecule has 0 amide bonds. The summed E-state index contributed by atoms with van der Waals surface area (Å²) in [6.45, 7) is 0. The van der Waals surface area contributed by atoms with Crippen molar-refractivity contribution in [3.05, 3.63) is 85.1 Å². The molecule has 0 bridgehead atoms. The van der Waals surface area contributed by atoms with Crippen LogP contribution in [0.15, 0.2) is 79.3 Å². The van der Waals surface area contributed by atoms with Crippen LogP contribution in [0.2, 0.25) is 0 Å². The predicted octanol–water partition coefficient (Wildman–Crippen LogP) is 6.28. The monoisotopic (exact) mass is 434 g/mol. The van der Waals surface area contributed by atoms with Gasteiger partial charge in [0, 0.05) is 41.9 Å². The summed E-state index contributed by atoms with van der Waals surface area (Å²) in [7, 11) is 1.82. The summed E-state index contributed by atoms with van der Waals surface area (Å²) < 4.78 is 7.80. The van der Waals surface area contributed by atoms with E-state index >= 15 is 0 Å². The van der Waals surface area contributed by atoms with Gasteiger partial charge in [0.05, 0.1) is 34.7 Å². The van der Waals surface area contributed by atoms with Crippen LogP contribution < -0.4 is 0 Å². The van der Waals surface area contributed by atoms with Crippen molar-refractivity contribution in [1.82, 2.24) is 19.4 Å². The van der Waals surface area contributed by atoms with E-state index in [0.29, 0.717) is 12.0 Å². The molecule has 5 aromatic rings. The first-order valence-corrected chi connectivity index (χ1v) is 11.6. The minimum absolute atomic E-state index is 0.374. The molecule has 0 aliphatic heterocycles. The van der Waals surface area contributed by atoms with Crippen LogP contribution in [0.5, 0.6) is 0 Å². The summed E-state index contributed by atoms with van der Waals surface area (Å²) >= 11 is 0. The number of pyridine rings is 1. The van der Waals surface area contributed by atoms with Gasteiger partial charge in [0.25, 0.3) is 0 Å². The summed E-state index contributed by atoms with van der Waals surface area (Å²) in [5.41, 5.74) is 6.16. The average Bonchev–Trinajstić information content (AvgIpc) is 3.28. The molecule has 1 aliphatic carbocycles. The Morgan fingerprint density at radius 2 is 1.70 bits per heavy atom. The number of hydrogen-bond donors (Lipinski definition) is 0. The maximum atomic E-state index is 5.58. The standard InChI is InChI=1S/C28H26N4O/c1-33-23-12-9-21(10-13-23)28-31-27(26-18-29-15-16-32(26)28)22-8-7-20-11-14-24(30-25(20)17-22)19-5-3-2-4-6-19/h2-8,11,14-18,21,23H,9-10,12-13H2,1H3. The van der Waals surface area contributed by atoms with Crippen molar-refractivity contribution < 1.29 is 4.74 Å². The van der Waals surface area contributed by atoms with Crippen LogP contribution in [0.3, 0.4) is 0 Å². The molecule has 164 valence electrons. The first kappa shape index (κ1) is 20.1. The minimum Gasteiger partial charge on any atom is -0.381 e. The lowest BCUT2D eigenvalue weighted by Crippen LogP contribution is -2.20. The van der Waals surface area contributed by atoms with E-state index in [1.807, 2.05) is 43.9 Å². The van der Waals surface area contributed by atoms with E-state index in [0.717, 1.165) is 70.4 Å². The summed E-state index contributed by atoms with van der Waals surface area (Å²) in [6.07, 6.45) is 10.5. The number of fused-ring (bicyclic) bond motifs is 2. The molecule has 6 rings (SSSR count). The molecule has 3 aromatic heterocycles. The van der Waals surface area contributed by atoms with E-state index in [1.54, 1.807) is 0 Å². The van der Waals surface area contributed by atoms with Crippen molar-refractivity contribution in [1.29, 1.82) is 0 Å². The largest absolute Gasteiger partial charge is 0.381 e. The Hall–Kier alpha value is -3.57. The Morgan fingerprint density at radius 1 is 0.879 bits per heavy atom. The molecule has 1 aliphatic rings. The molecule has 2 aromatic carbocycles. The first-order valence-electron chi connectivity index (χ1n) is 11.6. The number of imidazole rings is 1. The Balaban J connectivity index is 1.43. The Morgan fingerprint density at radius 3 is 2.52 bits per heavy atom. The van der Waals surface area contributed by atoms with Gasteiger partial charge in [-0.3, -0.25) is 9.38 Å². The van der Waals surface area contributed by atoms with E-state index in [1.165, 1.54) is 0 Å². The SMILES string of the molecule is COC1CCC(c2nc(-c3ccc4ccc(-c5ccccc5)nc4c3)c3cnccn23)CC1. The zero-order chi connectivity index (χ0) is 22.2. The lowest BCUT2D eigenvalue weighted by atomic mass is 9.87. The molecular weight excluding hydrogens is 408 g/mol. The highest BCUT2D eigenvalue weighted by Crippen LogP contribution is 2.36. The quantitative estimate of drug-likeness (QED) is 0.334. The van der Waals surface area contributed by atoms with Crippen LogP contribution in [-0.4, -0.2) is 32.6 Å². The second-order valence-electron chi connectivity index (χ2n) is 8.83. The highest BCUT2D eigenvalue weighted by Gasteiger charge is 2.26. The van der Waals surface area contributed by atoms with Crippen LogP contribution in [-0.2, 0) is 4.74 Å². The average molecular weight is 435 g/mol. The van der Waals surface area contributed by atoms with Gasteiger partial charge in [-0.15, -0.1) is 0 Å². The van der Waals surface area contributed by atoms with Gasteiger partial charge in [-0.05, 0) is 37.8 Å². The summed E-state index contributed by atoms with van der Waals surface area (Å²) in [4.78, 5) is 14.5. The molecule has 0 N–H and O–H groups in total. The van der Waals surface area contributed by atoms with E-state index in [4.69, 9.17) is 14.7 Å². The number of benzene rings is 2. The lowest BCUT2D eigenvalue weighted by Gasteiger charge is -2.26. The summed E-state index contributed by atoms with van der Waals surface area (Å²) in [5.74, 6) is 1.56. The normalized spacial score (nSPS) is 18.7. The van der Waals surface area contributed by atoms with Gasteiger partial charge in [-0.1, -0.05) is 48.5 Å². The number of hydrogen-bond acceptors (Lipinski definition) is 4. The molecule has 33 heavy (non-hydrogen) atoms. The van der Waals surface area contributed by atoms with Crippen LogP contribution >= 0.6 is 0 Å². The molecular formula is C28H26N4O. The van der Waals surface area contributed by atoms with Crippen molar-refractivity contribution in [3.8, 4) is 22.5 Å². The Bertz CT molecular complexity index is 1420. The predicted molar refractivity (Wildman–Crippen MR) is 131 cm³/mol. The van der Waals surface area contributed by atoms with Crippen LogP contribution in [0.25, 0.3) is 38.9 Å². The number of aromatic nitrogens is 4. The van der Waals surface area contributed by atoms with Gasteiger partial charge < -0.3 is 4.74 Å². The lowest BCUT2D eigenvalue weighted by molar-refractivity contribution is 0.0650. The van der Waals surface area contributed by atoms with Crippen LogP contribution in [0, 0.1) is 0 Å². The van der Waals surface area contributed by atoms with Crippen molar-refractivity contribution in [2.45, 2.75) is 37.7 Å². The number of nitrogens with zero attached hydrogens (tertiary/aromatic N) is 4. The molecule has 0 radical (unpaired) electrons. The van der Waals surface area contributed by atoms with Gasteiger partial charge in [-0.25, -0.2) is 9.97 Å². The fourth-order valence-corrected chi connectivity index (χ4v) is 5.05. The fraction of sp³-hybridized carbons (Fsp3) is 0.250. The van der Waals surface area contributed by atoms with E-state index in [9.17, 15) is 0 Å². The molecule has 3 heterocycles. The number of methoxy groups -OCH3 is 1. The van der Waals surface area contributed by atoms with Gasteiger partial charge in [0.1, 0.15) is 5.82 Å². The smallest absolute Gasteiger partial charge is 0.117 e. The first-order chi connectivity index (χ1) is 16.3. The van der Waals surface area contributed by atoms with Crippen molar-refractivity contribution in [2.24, 2.45) is 0 Å². The second kappa shape index (κ2) is 8.41. The molecule has 1 fully saturated rings. The van der Waals surface area contributed by atoms with Crippen molar-refractivity contribution in [3.63, 3.8) is 0 Å². The Labute approximate surface area is 193 Å². The zero-order valence-electron chi connectivity index (χ0n) is 18.7. The zero-order valence-corrected chi connectivity index (χ0v) is 18.7. The van der Waals surface area contributed by atoms with E-state index < -0.39 is 0 Å². The highest BCUT2D eigenvalue weighted by molar-refractivity contribution is 5.88. The second-order valence-corrected chi connectivity index (χ2v) is 8.83. The number of rotatable bonds is 4. The van der Waals surface area contributed by atoms with E-state index in [2.05, 4.69) is 51.8 Å². The van der Waals surface area contributed by atoms with Crippen molar-refractivity contribution in [2.75, 3.05) is 7.11 Å². The third kappa shape index (κ3) is 3.68. The van der Waals surface area contributed by atoms with E-state index in [-0.39, 0.29) is 0 Å². The third-order valence-corrected chi connectivity index (χ3v) is 6.88. The maximum Gasteiger partial charge on any atom is 0.117 e. The summed E-state index contributed by atoms with van der Waals surface area (Å²) in [5, 5.41) is 1.12. The number of ether oxygens (including phenoxy) is 1. The Kier molecular flexibility index (Phi) is 5.11. The molecule has 5 heteroatoms. The van der Waals surface area contributed by atoms with Gasteiger partial charge in [0.2, 0.25) is 0 Å². The minimum atomic E-state index is 0.374. The molecule has 1 saturated carbocycles. The molecule has 0 unspecified atom stereocenters.